The Bertz CT molecular complexity index is 340. The minimum absolute atomic E-state index is 0.643. The molecule has 2 heteroatoms. The van der Waals surface area contributed by atoms with Crippen LogP contribution in [0.1, 0.15) is 26.7 Å². The van der Waals surface area contributed by atoms with E-state index < -0.39 is 0 Å². The summed E-state index contributed by atoms with van der Waals surface area (Å²) in [7, 11) is 0. The molecule has 0 aromatic heterocycles. The van der Waals surface area contributed by atoms with E-state index in [0.717, 1.165) is 13.1 Å². The fraction of sp³-hybridized carbons (Fsp3) is 0.667. The lowest BCUT2D eigenvalue weighted by Gasteiger charge is -2.17. The van der Waals surface area contributed by atoms with Gasteiger partial charge < -0.3 is 0 Å². The minimum atomic E-state index is 0.643. The van der Waals surface area contributed by atoms with Gasteiger partial charge in [0.05, 0.1) is 24.5 Å². The van der Waals surface area contributed by atoms with E-state index in [1.165, 1.54) is 29.8 Å². The number of nitrogens with zero attached hydrogens (tertiary/aromatic N) is 2. The van der Waals surface area contributed by atoms with E-state index in [9.17, 15) is 0 Å². The fourth-order valence-corrected chi connectivity index (χ4v) is 3.23. The van der Waals surface area contributed by atoms with Crippen LogP contribution >= 0.6 is 0 Å². The van der Waals surface area contributed by atoms with Crippen molar-refractivity contribution in [2.75, 3.05) is 13.1 Å². The number of aliphatic imine (C=N–C) groups is 2. The lowest BCUT2D eigenvalue weighted by molar-refractivity contribution is 0.738. The Balaban J connectivity index is 2.15. The first-order chi connectivity index (χ1) is 6.79. The average molecular weight is 188 g/mol. The summed E-state index contributed by atoms with van der Waals surface area (Å²) in [5.41, 5.74) is 5.81. The number of hydrogen-bond acceptors (Lipinski definition) is 2. The minimum Gasteiger partial charge on any atom is -0.285 e. The molecular formula is C12H16N2. The largest absolute Gasteiger partial charge is 0.285 e. The molecule has 2 aliphatic carbocycles. The maximum atomic E-state index is 4.66. The molecule has 74 valence electrons. The summed E-state index contributed by atoms with van der Waals surface area (Å²) in [5, 5.41) is 0. The molecule has 0 N–H and O–H groups in total. The molecule has 2 bridgehead atoms. The number of hydrogen-bond donors (Lipinski definition) is 0. The molecule has 0 radical (unpaired) electrons. The molecule has 0 aromatic carbocycles. The molecule has 14 heavy (non-hydrogen) atoms. The topological polar surface area (TPSA) is 24.7 Å². The summed E-state index contributed by atoms with van der Waals surface area (Å²) in [6, 6.07) is 0. The summed E-state index contributed by atoms with van der Waals surface area (Å²) in [6.07, 6.45) is 2.62. The van der Waals surface area contributed by atoms with Gasteiger partial charge in [-0.05, 0) is 26.7 Å². The molecule has 2 saturated carbocycles. The van der Waals surface area contributed by atoms with E-state index in [-0.39, 0.29) is 0 Å². The van der Waals surface area contributed by atoms with Crippen molar-refractivity contribution in [1.82, 2.24) is 0 Å². The molecule has 0 spiro atoms. The Morgan fingerprint density at radius 3 is 1.93 bits per heavy atom. The standard InChI is InChI=1S/C12H16N2/c1-7(2)10-8-3-4-9(10)12-11(8)13-5-6-14-12/h8-9H,3-6H2,1-2H3. The van der Waals surface area contributed by atoms with Crippen LogP contribution in [0.15, 0.2) is 21.1 Å². The summed E-state index contributed by atoms with van der Waals surface area (Å²) >= 11 is 0. The molecule has 0 amide bonds. The van der Waals surface area contributed by atoms with Crippen molar-refractivity contribution in [3.05, 3.63) is 11.1 Å². The van der Waals surface area contributed by atoms with Gasteiger partial charge in [-0.25, -0.2) is 0 Å². The lowest BCUT2D eigenvalue weighted by Crippen LogP contribution is -2.26. The van der Waals surface area contributed by atoms with Gasteiger partial charge in [-0.15, -0.1) is 0 Å². The number of fused-ring (bicyclic) bond motifs is 5. The first-order valence-corrected chi connectivity index (χ1v) is 5.55. The zero-order valence-electron chi connectivity index (χ0n) is 8.88. The lowest BCUT2D eigenvalue weighted by atomic mass is 9.95. The van der Waals surface area contributed by atoms with Crippen molar-refractivity contribution in [3.63, 3.8) is 0 Å². The molecule has 2 unspecified atom stereocenters. The summed E-state index contributed by atoms with van der Waals surface area (Å²) < 4.78 is 0. The third-order valence-electron chi connectivity index (χ3n) is 3.66. The first-order valence-electron chi connectivity index (χ1n) is 5.55. The summed E-state index contributed by atoms with van der Waals surface area (Å²) in [4.78, 5) is 9.32. The van der Waals surface area contributed by atoms with E-state index >= 15 is 0 Å². The van der Waals surface area contributed by atoms with Crippen molar-refractivity contribution >= 4 is 11.4 Å². The maximum absolute atomic E-state index is 4.66. The Kier molecular flexibility index (Phi) is 1.67. The van der Waals surface area contributed by atoms with Crippen LogP contribution < -0.4 is 0 Å². The number of rotatable bonds is 0. The molecule has 2 atom stereocenters. The fourth-order valence-electron chi connectivity index (χ4n) is 3.23. The number of allylic oxidation sites excluding steroid dienone is 2. The zero-order chi connectivity index (χ0) is 9.71. The van der Waals surface area contributed by atoms with Gasteiger partial charge in [0.1, 0.15) is 0 Å². The van der Waals surface area contributed by atoms with Crippen LogP contribution in [0.2, 0.25) is 0 Å². The van der Waals surface area contributed by atoms with Crippen LogP contribution in [0.25, 0.3) is 0 Å². The van der Waals surface area contributed by atoms with E-state index in [1.54, 1.807) is 5.57 Å². The van der Waals surface area contributed by atoms with Gasteiger partial charge in [0.15, 0.2) is 0 Å². The second-order valence-electron chi connectivity index (χ2n) is 4.67. The molecular weight excluding hydrogens is 172 g/mol. The van der Waals surface area contributed by atoms with Crippen molar-refractivity contribution in [1.29, 1.82) is 0 Å². The maximum Gasteiger partial charge on any atom is 0.0637 e. The Hall–Kier alpha value is -0.920. The Labute approximate surface area is 84.8 Å². The van der Waals surface area contributed by atoms with Crippen molar-refractivity contribution in [2.45, 2.75) is 26.7 Å². The average Bonchev–Trinajstić information content (AvgIpc) is 2.73. The van der Waals surface area contributed by atoms with Crippen LogP contribution in [0, 0.1) is 11.8 Å². The van der Waals surface area contributed by atoms with Crippen LogP contribution in [-0.2, 0) is 0 Å². The Morgan fingerprint density at radius 1 is 1.00 bits per heavy atom. The van der Waals surface area contributed by atoms with E-state index in [0.29, 0.717) is 11.8 Å². The van der Waals surface area contributed by atoms with Crippen LogP contribution in [0.5, 0.6) is 0 Å². The predicted molar refractivity (Wildman–Crippen MR) is 59.2 cm³/mol. The first kappa shape index (κ1) is 8.39. The highest BCUT2D eigenvalue weighted by atomic mass is 14.9. The van der Waals surface area contributed by atoms with Gasteiger partial charge in [0.25, 0.3) is 0 Å². The second-order valence-corrected chi connectivity index (χ2v) is 4.67. The van der Waals surface area contributed by atoms with E-state index in [1.807, 2.05) is 0 Å². The molecule has 2 fully saturated rings. The van der Waals surface area contributed by atoms with Crippen molar-refractivity contribution in [3.8, 4) is 0 Å². The van der Waals surface area contributed by atoms with Crippen LogP contribution in [0.4, 0.5) is 0 Å². The second kappa shape index (κ2) is 2.78. The molecule has 2 nitrogen and oxygen atoms in total. The van der Waals surface area contributed by atoms with Crippen molar-refractivity contribution < 1.29 is 0 Å². The monoisotopic (exact) mass is 188 g/mol. The quantitative estimate of drug-likeness (QED) is 0.521. The highest BCUT2D eigenvalue weighted by Crippen LogP contribution is 2.47. The summed E-state index contributed by atoms with van der Waals surface area (Å²) in [6.45, 7) is 6.30. The molecule has 1 aliphatic heterocycles. The van der Waals surface area contributed by atoms with Gasteiger partial charge in [0.2, 0.25) is 0 Å². The van der Waals surface area contributed by atoms with Crippen LogP contribution in [-0.4, -0.2) is 24.5 Å². The van der Waals surface area contributed by atoms with E-state index in [4.69, 9.17) is 0 Å². The third kappa shape index (κ3) is 0.915. The van der Waals surface area contributed by atoms with Crippen molar-refractivity contribution in [2.24, 2.45) is 21.8 Å². The Morgan fingerprint density at radius 2 is 1.50 bits per heavy atom. The molecule has 1 heterocycles. The van der Waals surface area contributed by atoms with Crippen LogP contribution in [0.3, 0.4) is 0 Å². The van der Waals surface area contributed by atoms with Gasteiger partial charge in [-0.1, -0.05) is 11.1 Å². The molecule has 3 rings (SSSR count). The zero-order valence-corrected chi connectivity index (χ0v) is 8.88. The predicted octanol–water partition coefficient (Wildman–Crippen LogP) is 2.26. The SMILES string of the molecule is CC(C)=C1C2CCC1C1=NCCN=C12. The van der Waals surface area contributed by atoms with Gasteiger partial charge >= 0.3 is 0 Å². The highest BCUT2D eigenvalue weighted by Gasteiger charge is 2.47. The molecule has 3 aliphatic rings. The summed E-state index contributed by atoms with van der Waals surface area (Å²) in [5.74, 6) is 1.29. The smallest absolute Gasteiger partial charge is 0.0637 e. The molecule has 0 aromatic rings. The van der Waals surface area contributed by atoms with Gasteiger partial charge in [0, 0.05) is 11.8 Å². The molecule has 0 saturated heterocycles. The van der Waals surface area contributed by atoms with E-state index in [2.05, 4.69) is 23.8 Å². The third-order valence-corrected chi connectivity index (χ3v) is 3.66. The highest BCUT2D eigenvalue weighted by molar-refractivity contribution is 6.48. The normalized spacial score (nSPS) is 34.0. The van der Waals surface area contributed by atoms with Gasteiger partial charge in [-0.2, -0.15) is 0 Å². The van der Waals surface area contributed by atoms with Gasteiger partial charge in [-0.3, -0.25) is 9.98 Å².